The van der Waals surface area contributed by atoms with E-state index in [1.165, 1.54) is 0 Å². The number of piperidine rings is 1. The molecule has 0 aliphatic carbocycles. The fraction of sp³-hybridized carbons (Fsp3) is 0.368. The number of carboxylic acid groups (broad SMARTS) is 2. The molecule has 3 N–H and O–H groups in total. The summed E-state index contributed by atoms with van der Waals surface area (Å²) in [5.74, 6) is -2.47. The van der Waals surface area contributed by atoms with Crippen LogP contribution in [-0.4, -0.2) is 42.3 Å². The van der Waals surface area contributed by atoms with Gasteiger partial charge in [-0.2, -0.15) is 22.7 Å². The van der Waals surface area contributed by atoms with Gasteiger partial charge in [0.05, 0.1) is 26.1 Å². The monoisotopic (exact) mass is 409 g/mol. The Balaban J connectivity index is 0.000000279. The molecule has 2 aromatic heterocycles. The molecule has 1 saturated heterocycles. The van der Waals surface area contributed by atoms with E-state index >= 15 is 0 Å². The molecule has 6 nitrogen and oxygen atoms in total. The molecule has 0 aromatic carbocycles. The maximum Gasteiger partial charge on any atom is 0.328 e. The zero-order valence-corrected chi connectivity index (χ0v) is 16.6. The van der Waals surface area contributed by atoms with Gasteiger partial charge in [-0.05, 0) is 50.9 Å². The van der Waals surface area contributed by atoms with E-state index in [0.717, 1.165) is 37.1 Å². The quantitative estimate of drug-likeness (QED) is 0.619. The molecule has 1 fully saturated rings. The number of hydrogen-bond acceptors (Lipinski definition) is 6. The summed E-state index contributed by atoms with van der Waals surface area (Å²) in [5, 5.41) is 37.0. The van der Waals surface area contributed by atoms with E-state index in [4.69, 9.17) is 5.11 Å². The van der Waals surface area contributed by atoms with Crippen molar-refractivity contribution in [1.82, 2.24) is 0 Å². The molecule has 0 atom stereocenters. The van der Waals surface area contributed by atoms with Gasteiger partial charge in [-0.15, -0.1) is 0 Å². The first kappa shape index (κ1) is 21.3. The Morgan fingerprint density at radius 1 is 1.15 bits per heavy atom. The highest BCUT2D eigenvalue weighted by Crippen LogP contribution is 2.42. The van der Waals surface area contributed by atoms with E-state index in [-0.39, 0.29) is 0 Å². The Hall–Kier alpha value is -2.00. The number of hydrogen-bond donors (Lipinski definition) is 3. The van der Waals surface area contributed by atoms with Crippen LogP contribution in [0, 0.1) is 5.92 Å². The third kappa shape index (κ3) is 5.74. The third-order valence-electron chi connectivity index (χ3n) is 4.71. The molecule has 0 unspecified atom stereocenters. The predicted molar refractivity (Wildman–Crippen MR) is 103 cm³/mol. The minimum atomic E-state index is -1.51. The highest BCUT2D eigenvalue weighted by molar-refractivity contribution is 7.08. The largest absolute Gasteiger partial charge is 0.545 e. The topological polar surface area (TPSA) is 102 Å². The number of rotatable bonds is 5. The van der Waals surface area contributed by atoms with E-state index in [2.05, 4.69) is 40.7 Å². The lowest BCUT2D eigenvalue weighted by Crippen LogP contribution is -3.10. The number of quaternary nitrogens is 1. The molecule has 2 aromatic rings. The molecular weight excluding hydrogens is 386 g/mol. The van der Waals surface area contributed by atoms with Crippen LogP contribution < -0.4 is 10.0 Å². The molecule has 146 valence electrons. The number of aliphatic hydroxyl groups is 1. The molecule has 0 saturated carbocycles. The average molecular weight is 410 g/mol. The summed E-state index contributed by atoms with van der Waals surface area (Å²) < 4.78 is 0. The first-order valence-electron chi connectivity index (χ1n) is 8.55. The Kier molecular flexibility index (Phi) is 7.73. The van der Waals surface area contributed by atoms with Crippen LogP contribution in [0.4, 0.5) is 0 Å². The summed E-state index contributed by atoms with van der Waals surface area (Å²) >= 11 is 3.33. The first-order valence-corrected chi connectivity index (χ1v) is 10.4. The predicted octanol–water partition coefficient (Wildman–Crippen LogP) is 0.347. The maximum atomic E-state index is 11.4. The first-order chi connectivity index (χ1) is 12.8. The Labute approximate surface area is 166 Å². The van der Waals surface area contributed by atoms with E-state index in [1.807, 2.05) is 0 Å². The average Bonchev–Trinajstić information content (AvgIpc) is 3.34. The number of carbonyl (C=O) groups is 2. The summed E-state index contributed by atoms with van der Waals surface area (Å²) in [4.78, 5) is 20.5. The van der Waals surface area contributed by atoms with Crippen LogP contribution in [0.25, 0.3) is 0 Å². The lowest BCUT2D eigenvalue weighted by molar-refractivity contribution is -0.886. The second-order valence-corrected chi connectivity index (χ2v) is 8.07. The zero-order valence-electron chi connectivity index (χ0n) is 15.0. The van der Waals surface area contributed by atoms with Crippen molar-refractivity contribution in [2.24, 2.45) is 5.92 Å². The molecule has 0 bridgehead atoms. The van der Waals surface area contributed by atoms with Crippen molar-refractivity contribution in [3.05, 3.63) is 56.9 Å². The lowest BCUT2D eigenvalue weighted by atomic mass is 9.73. The number of thiophene rings is 2. The number of carboxylic acids is 2. The van der Waals surface area contributed by atoms with Gasteiger partial charge < -0.3 is 25.0 Å². The van der Waals surface area contributed by atoms with Gasteiger partial charge in [-0.1, -0.05) is 0 Å². The van der Waals surface area contributed by atoms with Crippen molar-refractivity contribution >= 4 is 34.6 Å². The van der Waals surface area contributed by atoms with Crippen LogP contribution in [0.3, 0.4) is 0 Å². The van der Waals surface area contributed by atoms with Gasteiger partial charge in [-0.3, -0.25) is 0 Å². The van der Waals surface area contributed by atoms with E-state index in [1.54, 1.807) is 27.6 Å². The molecule has 27 heavy (non-hydrogen) atoms. The standard InChI is InChI=1S/C15H19NOS2.C4H4O4/c1-16-6-2-12(3-7-16)15(17,13-4-8-18-10-13)14-5-9-19-11-14;5-3(6)1-2-4(7)8/h4-5,8-12,17H,2-3,6-7H2,1H3;1-2H,(H,5,6)(H,7,8)/b;2-1+. The molecule has 1 aliphatic rings. The zero-order chi connectivity index (χ0) is 19.9. The minimum absolute atomic E-state index is 0.334. The van der Waals surface area contributed by atoms with Crippen LogP contribution in [0.5, 0.6) is 0 Å². The summed E-state index contributed by atoms with van der Waals surface area (Å²) in [5.41, 5.74) is 1.35. The highest BCUT2D eigenvalue weighted by Gasteiger charge is 2.42. The van der Waals surface area contributed by atoms with Crippen molar-refractivity contribution < 1.29 is 29.8 Å². The van der Waals surface area contributed by atoms with Gasteiger partial charge in [0, 0.05) is 24.8 Å². The van der Waals surface area contributed by atoms with Gasteiger partial charge in [0.2, 0.25) is 0 Å². The molecular formula is C19H23NO5S2. The second kappa shape index (κ2) is 9.80. The maximum absolute atomic E-state index is 11.4. The summed E-state index contributed by atoms with van der Waals surface area (Å²) in [6, 6.07) is 4.15. The molecule has 0 radical (unpaired) electrons. The minimum Gasteiger partial charge on any atom is -0.545 e. The van der Waals surface area contributed by atoms with Crippen LogP contribution in [0.1, 0.15) is 24.0 Å². The molecule has 0 spiro atoms. The molecule has 8 heteroatoms. The number of carbonyl (C=O) groups excluding carboxylic acids is 1. The van der Waals surface area contributed by atoms with E-state index in [9.17, 15) is 19.8 Å². The summed E-state index contributed by atoms with van der Waals surface area (Å²) in [6.07, 6.45) is 3.12. The third-order valence-corrected chi connectivity index (χ3v) is 6.08. The van der Waals surface area contributed by atoms with Gasteiger partial charge >= 0.3 is 5.97 Å². The van der Waals surface area contributed by atoms with Crippen molar-refractivity contribution in [1.29, 1.82) is 0 Å². The fourth-order valence-electron chi connectivity index (χ4n) is 3.27. The van der Waals surface area contributed by atoms with Crippen LogP contribution >= 0.6 is 22.7 Å². The molecule has 3 heterocycles. The number of nitrogens with one attached hydrogen (secondary N) is 1. The molecule has 3 rings (SSSR count). The van der Waals surface area contributed by atoms with E-state index in [0.29, 0.717) is 18.1 Å². The molecule has 0 amide bonds. The Morgan fingerprint density at radius 2 is 1.67 bits per heavy atom. The van der Waals surface area contributed by atoms with Gasteiger partial charge in [0.25, 0.3) is 0 Å². The van der Waals surface area contributed by atoms with Crippen molar-refractivity contribution in [2.45, 2.75) is 18.4 Å². The lowest BCUT2D eigenvalue weighted by Gasteiger charge is -2.39. The summed E-state index contributed by atoms with van der Waals surface area (Å²) in [6.45, 7) is 2.31. The van der Waals surface area contributed by atoms with Gasteiger partial charge in [0.1, 0.15) is 5.60 Å². The Bertz CT molecular complexity index is 697. The van der Waals surface area contributed by atoms with Crippen LogP contribution in [-0.2, 0) is 15.2 Å². The number of aliphatic carboxylic acids is 2. The second-order valence-electron chi connectivity index (χ2n) is 6.51. The molecule has 1 aliphatic heterocycles. The van der Waals surface area contributed by atoms with Crippen LogP contribution in [0.2, 0.25) is 0 Å². The summed E-state index contributed by atoms with van der Waals surface area (Å²) in [7, 11) is 2.24. The van der Waals surface area contributed by atoms with Crippen molar-refractivity contribution in [3.8, 4) is 0 Å². The van der Waals surface area contributed by atoms with Gasteiger partial charge in [0.15, 0.2) is 0 Å². The highest BCUT2D eigenvalue weighted by atomic mass is 32.1. The van der Waals surface area contributed by atoms with Crippen LogP contribution in [0.15, 0.2) is 45.8 Å². The normalized spacial score (nSPS) is 20.1. The Morgan fingerprint density at radius 3 is 2.00 bits per heavy atom. The number of likely N-dealkylation sites (tertiary alicyclic amines) is 1. The van der Waals surface area contributed by atoms with Crippen molar-refractivity contribution in [3.63, 3.8) is 0 Å². The van der Waals surface area contributed by atoms with Gasteiger partial charge in [-0.25, -0.2) is 4.79 Å². The SMILES string of the molecule is C[NH+]1CCC(C(O)(c2ccsc2)c2ccsc2)CC1.O=C([O-])/C=C/C(=O)O. The fourth-order valence-corrected chi connectivity index (χ4v) is 4.69. The smallest absolute Gasteiger partial charge is 0.328 e. The van der Waals surface area contributed by atoms with E-state index < -0.39 is 17.5 Å². The van der Waals surface area contributed by atoms with Crippen molar-refractivity contribution in [2.75, 3.05) is 20.1 Å².